The molecule has 1 saturated heterocycles. The molecule has 0 aliphatic carbocycles. The second-order valence-electron chi connectivity index (χ2n) is 6.17. The standard InChI is InChI=1S/C17H24N6O/c18-11-15-21-17(23-22-15)13-2-4-14(5-3-13)20-16(24)6-1-12-7-9-19-10-8-12/h2-5,12,19H,1,6-11,18H2,(H,20,24)(H,21,22,23). The van der Waals surface area contributed by atoms with Gasteiger partial charge in [0.25, 0.3) is 0 Å². The van der Waals surface area contributed by atoms with Gasteiger partial charge in [0, 0.05) is 17.7 Å². The number of amides is 1. The molecule has 1 amide bonds. The molecule has 0 unspecified atom stereocenters. The van der Waals surface area contributed by atoms with E-state index in [1.807, 2.05) is 24.3 Å². The molecule has 1 aromatic heterocycles. The Morgan fingerprint density at radius 3 is 2.67 bits per heavy atom. The number of H-pyrrole nitrogens is 1. The number of carbonyl (C=O) groups excluding carboxylic acids is 1. The average molecular weight is 328 g/mol. The Bertz CT molecular complexity index is 660. The van der Waals surface area contributed by atoms with E-state index in [4.69, 9.17) is 5.73 Å². The van der Waals surface area contributed by atoms with Gasteiger partial charge in [0.1, 0.15) is 5.82 Å². The first-order valence-corrected chi connectivity index (χ1v) is 8.47. The number of rotatable bonds is 6. The van der Waals surface area contributed by atoms with Crippen LogP contribution < -0.4 is 16.4 Å². The van der Waals surface area contributed by atoms with Gasteiger partial charge in [-0.15, -0.1) is 0 Å². The van der Waals surface area contributed by atoms with Gasteiger partial charge < -0.3 is 16.4 Å². The van der Waals surface area contributed by atoms with Gasteiger partial charge in [-0.3, -0.25) is 9.89 Å². The molecular weight excluding hydrogens is 304 g/mol. The van der Waals surface area contributed by atoms with E-state index in [1.165, 1.54) is 12.8 Å². The molecule has 0 radical (unpaired) electrons. The van der Waals surface area contributed by atoms with Crippen LogP contribution in [0, 0.1) is 5.92 Å². The molecule has 5 N–H and O–H groups in total. The van der Waals surface area contributed by atoms with Crippen molar-refractivity contribution in [3.63, 3.8) is 0 Å². The van der Waals surface area contributed by atoms with Gasteiger partial charge in [-0.05, 0) is 62.5 Å². The fourth-order valence-corrected chi connectivity index (χ4v) is 2.95. The van der Waals surface area contributed by atoms with Crippen molar-refractivity contribution in [2.75, 3.05) is 18.4 Å². The summed E-state index contributed by atoms with van der Waals surface area (Å²) < 4.78 is 0. The summed E-state index contributed by atoms with van der Waals surface area (Å²) in [6, 6.07) is 7.53. The average Bonchev–Trinajstić information content (AvgIpc) is 3.11. The zero-order valence-corrected chi connectivity index (χ0v) is 13.7. The number of hydrogen-bond acceptors (Lipinski definition) is 5. The lowest BCUT2D eigenvalue weighted by atomic mass is 9.93. The number of nitrogens with two attached hydrogens (primary N) is 1. The lowest BCUT2D eigenvalue weighted by Gasteiger charge is -2.22. The number of anilines is 1. The van der Waals surface area contributed by atoms with Crippen LogP contribution in [-0.2, 0) is 11.3 Å². The molecular formula is C17H24N6O. The fourth-order valence-electron chi connectivity index (χ4n) is 2.95. The summed E-state index contributed by atoms with van der Waals surface area (Å²) in [6.45, 7) is 2.47. The maximum atomic E-state index is 12.1. The molecule has 3 rings (SSSR count). The van der Waals surface area contributed by atoms with Gasteiger partial charge in [0.2, 0.25) is 5.91 Å². The maximum Gasteiger partial charge on any atom is 0.224 e. The number of aromatic nitrogens is 3. The Morgan fingerprint density at radius 1 is 1.25 bits per heavy atom. The van der Waals surface area contributed by atoms with E-state index in [2.05, 4.69) is 25.8 Å². The zero-order valence-electron chi connectivity index (χ0n) is 13.7. The number of aromatic amines is 1. The normalized spacial score (nSPS) is 15.4. The first-order chi connectivity index (χ1) is 11.7. The summed E-state index contributed by atoms with van der Waals surface area (Å²) in [4.78, 5) is 16.4. The molecule has 1 aliphatic rings. The Hall–Kier alpha value is -2.25. The molecule has 7 nitrogen and oxygen atoms in total. The summed E-state index contributed by atoms with van der Waals surface area (Å²) >= 11 is 0. The van der Waals surface area contributed by atoms with Crippen molar-refractivity contribution >= 4 is 11.6 Å². The minimum atomic E-state index is 0.0737. The number of carbonyl (C=O) groups is 1. The third-order valence-corrected chi connectivity index (χ3v) is 4.39. The third-order valence-electron chi connectivity index (χ3n) is 4.39. The van der Waals surface area contributed by atoms with Crippen molar-refractivity contribution in [2.24, 2.45) is 11.7 Å². The van der Waals surface area contributed by atoms with Crippen LogP contribution in [0.5, 0.6) is 0 Å². The van der Waals surface area contributed by atoms with E-state index in [-0.39, 0.29) is 5.91 Å². The summed E-state index contributed by atoms with van der Waals surface area (Å²) in [6.07, 6.45) is 3.88. The van der Waals surface area contributed by atoms with Crippen LogP contribution in [0.15, 0.2) is 24.3 Å². The SMILES string of the molecule is NCc1nc(-c2ccc(NC(=O)CCC3CCNCC3)cc2)n[nH]1. The van der Waals surface area contributed by atoms with Crippen LogP contribution in [0.1, 0.15) is 31.5 Å². The highest BCUT2D eigenvalue weighted by molar-refractivity contribution is 5.90. The molecule has 128 valence electrons. The third kappa shape index (κ3) is 4.39. The van der Waals surface area contributed by atoms with Crippen molar-refractivity contribution < 1.29 is 4.79 Å². The van der Waals surface area contributed by atoms with E-state index in [1.54, 1.807) is 0 Å². The molecule has 0 atom stereocenters. The molecule has 1 fully saturated rings. The summed E-state index contributed by atoms with van der Waals surface area (Å²) in [7, 11) is 0. The van der Waals surface area contributed by atoms with E-state index in [0.717, 1.165) is 30.8 Å². The predicted octanol–water partition coefficient (Wildman–Crippen LogP) is 1.65. The molecule has 1 aliphatic heterocycles. The number of hydrogen-bond donors (Lipinski definition) is 4. The first-order valence-electron chi connectivity index (χ1n) is 8.47. The van der Waals surface area contributed by atoms with Crippen molar-refractivity contribution in [3.8, 4) is 11.4 Å². The minimum Gasteiger partial charge on any atom is -0.326 e. The van der Waals surface area contributed by atoms with Gasteiger partial charge in [-0.25, -0.2) is 4.98 Å². The number of nitrogens with one attached hydrogen (secondary N) is 3. The van der Waals surface area contributed by atoms with E-state index >= 15 is 0 Å². The number of piperidine rings is 1. The lowest BCUT2D eigenvalue weighted by molar-refractivity contribution is -0.116. The monoisotopic (exact) mass is 328 g/mol. The molecule has 24 heavy (non-hydrogen) atoms. The number of benzene rings is 1. The Balaban J connectivity index is 1.50. The highest BCUT2D eigenvalue weighted by Gasteiger charge is 2.14. The van der Waals surface area contributed by atoms with Crippen LogP contribution in [0.2, 0.25) is 0 Å². The fraction of sp³-hybridized carbons (Fsp3) is 0.471. The van der Waals surface area contributed by atoms with Crippen LogP contribution in [0.4, 0.5) is 5.69 Å². The summed E-state index contributed by atoms with van der Waals surface area (Å²) in [5, 5.41) is 13.2. The van der Waals surface area contributed by atoms with Gasteiger partial charge in [0.05, 0.1) is 6.54 Å². The van der Waals surface area contributed by atoms with Crippen LogP contribution in [-0.4, -0.2) is 34.2 Å². The van der Waals surface area contributed by atoms with Crippen LogP contribution >= 0.6 is 0 Å². The highest BCUT2D eigenvalue weighted by Crippen LogP contribution is 2.20. The lowest BCUT2D eigenvalue weighted by Crippen LogP contribution is -2.28. The van der Waals surface area contributed by atoms with E-state index < -0.39 is 0 Å². The number of nitrogens with zero attached hydrogens (tertiary/aromatic N) is 2. The van der Waals surface area contributed by atoms with Gasteiger partial charge >= 0.3 is 0 Å². The highest BCUT2D eigenvalue weighted by atomic mass is 16.1. The molecule has 0 bridgehead atoms. The first kappa shape index (κ1) is 16.6. The molecule has 0 saturated carbocycles. The molecule has 7 heteroatoms. The van der Waals surface area contributed by atoms with Crippen LogP contribution in [0.3, 0.4) is 0 Å². The Morgan fingerprint density at radius 2 is 2.00 bits per heavy atom. The van der Waals surface area contributed by atoms with Gasteiger partial charge in [-0.1, -0.05) is 0 Å². The zero-order chi connectivity index (χ0) is 16.8. The smallest absolute Gasteiger partial charge is 0.224 e. The quantitative estimate of drug-likeness (QED) is 0.645. The second-order valence-corrected chi connectivity index (χ2v) is 6.17. The van der Waals surface area contributed by atoms with Crippen LogP contribution in [0.25, 0.3) is 11.4 Å². The molecule has 2 heterocycles. The summed E-state index contributed by atoms with van der Waals surface area (Å²) in [5.41, 5.74) is 7.20. The molecule has 2 aromatic rings. The second kappa shape index (κ2) is 8.03. The topological polar surface area (TPSA) is 109 Å². The van der Waals surface area contributed by atoms with Crippen molar-refractivity contribution in [1.82, 2.24) is 20.5 Å². The van der Waals surface area contributed by atoms with Gasteiger partial charge in [0.15, 0.2) is 5.82 Å². The van der Waals surface area contributed by atoms with E-state index in [0.29, 0.717) is 30.5 Å². The Kier molecular flexibility index (Phi) is 5.55. The van der Waals surface area contributed by atoms with Crippen molar-refractivity contribution in [1.29, 1.82) is 0 Å². The van der Waals surface area contributed by atoms with E-state index in [9.17, 15) is 4.79 Å². The summed E-state index contributed by atoms with van der Waals surface area (Å²) in [5.74, 6) is 2.01. The van der Waals surface area contributed by atoms with Crippen molar-refractivity contribution in [2.45, 2.75) is 32.2 Å². The minimum absolute atomic E-state index is 0.0737. The molecule has 0 spiro atoms. The molecule has 1 aromatic carbocycles. The maximum absolute atomic E-state index is 12.1. The Labute approximate surface area is 141 Å². The van der Waals surface area contributed by atoms with Gasteiger partial charge in [-0.2, -0.15) is 5.10 Å². The largest absolute Gasteiger partial charge is 0.326 e. The predicted molar refractivity (Wildman–Crippen MR) is 93.2 cm³/mol. The van der Waals surface area contributed by atoms with Crippen molar-refractivity contribution in [3.05, 3.63) is 30.1 Å².